The Labute approximate surface area is 214 Å². The number of benzene rings is 1. The van der Waals surface area contributed by atoms with E-state index in [-0.39, 0.29) is 11.8 Å². The van der Waals surface area contributed by atoms with Gasteiger partial charge >= 0.3 is 0 Å². The van der Waals surface area contributed by atoms with Crippen molar-refractivity contribution in [2.45, 2.75) is 57.9 Å². The van der Waals surface area contributed by atoms with Crippen LogP contribution in [-0.4, -0.2) is 77.5 Å². The maximum atomic E-state index is 13.9. The van der Waals surface area contributed by atoms with Crippen LogP contribution in [0.4, 0.5) is 5.82 Å². The Balaban J connectivity index is 1.50. The lowest BCUT2D eigenvalue weighted by molar-refractivity contribution is -0.133. The molecule has 3 atom stereocenters. The van der Waals surface area contributed by atoms with E-state index in [2.05, 4.69) is 47.5 Å². The Morgan fingerprint density at radius 2 is 1.80 bits per heavy atom. The van der Waals surface area contributed by atoms with Gasteiger partial charge in [-0.1, -0.05) is 37.6 Å². The molecule has 1 fully saturated rings. The second kappa shape index (κ2) is 11.2. The number of anilines is 1. The van der Waals surface area contributed by atoms with Crippen molar-refractivity contribution in [2.75, 3.05) is 50.7 Å². The first-order valence-electron chi connectivity index (χ1n) is 12.9. The van der Waals surface area contributed by atoms with Crippen LogP contribution in [0.2, 0.25) is 5.02 Å². The molecule has 1 saturated heterocycles. The first-order valence-corrected chi connectivity index (χ1v) is 13.3. The van der Waals surface area contributed by atoms with Crippen LogP contribution in [0.25, 0.3) is 0 Å². The van der Waals surface area contributed by atoms with Gasteiger partial charge in [-0.15, -0.1) is 0 Å². The van der Waals surface area contributed by atoms with E-state index in [4.69, 9.17) is 17.3 Å². The molecule has 2 N–H and O–H groups in total. The van der Waals surface area contributed by atoms with Crippen LogP contribution in [0.15, 0.2) is 30.6 Å². The third-order valence-corrected chi connectivity index (χ3v) is 7.84. The van der Waals surface area contributed by atoms with Crippen LogP contribution >= 0.6 is 11.6 Å². The summed E-state index contributed by atoms with van der Waals surface area (Å²) in [6.45, 7) is 13.7. The third-order valence-electron chi connectivity index (χ3n) is 7.59. The molecule has 2 aromatic rings. The number of carbonyl (C=O) groups is 1. The second-order valence-electron chi connectivity index (χ2n) is 10.3. The van der Waals surface area contributed by atoms with Crippen molar-refractivity contribution in [3.8, 4) is 0 Å². The van der Waals surface area contributed by atoms with Gasteiger partial charge in [0.15, 0.2) is 0 Å². The molecule has 8 heteroatoms. The van der Waals surface area contributed by atoms with Crippen LogP contribution in [0.3, 0.4) is 0 Å². The van der Waals surface area contributed by atoms with Crippen LogP contribution in [-0.2, 0) is 4.79 Å². The van der Waals surface area contributed by atoms with Crippen LogP contribution < -0.4 is 10.6 Å². The number of aromatic nitrogens is 2. The average molecular weight is 499 g/mol. The number of fused-ring (bicyclic) bond motifs is 1. The molecule has 2 heterocycles. The molecule has 0 bridgehead atoms. The topological polar surface area (TPSA) is 78.6 Å². The molecule has 1 aliphatic heterocycles. The summed E-state index contributed by atoms with van der Waals surface area (Å²) in [6, 6.07) is 8.01. The molecule has 1 aliphatic carbocycles. The third kappa shape index (κ3) is 5.63. The van der Waals surface area contributed by atoms with E-state index in [9.17, 15) is 4.79 Å². The van der Waals surface area contributed by atoms with Gasteiger partial charge in [0, 0.05) is 62.4 Å². The normalized spacial score (nSPS) is 21.0. The maximum Gasteiger partial charge on any atom is 0.231 e. The fraction of sp³-hybridized carbons (Fsp3) is 0.593. The second-order valence-corrected chi connectivity index (χ2v) is 10.8. The number of nitrogens with zero attached hydrogens (tertiary/aromatic N) is 5. The van der Waals surface area contributed by atoms with Gasteiger partial charge in [-0.3, -0.25) is 9.69 Å². The van der Waals surface area contributed by atoms with Crippen LogP contribution in [0, 0.1) is 0 Å². The zero-order chi connectivity index (χ0) is 25.1. The van der Waals surface area contributed by atoms with Gasteiger partial charge in [0.05, 0.1) is 11.6 Å². The molecule has 1 aromatic heterocycles. The monoisotopic (exact) mass is 498 g/mol. The molecule has 0 saturated carbocycles. The van der Waals surface area contributed by atoms with E-state index in [1.54, 1.807) is 6.33 Å². The summed E-state index contributed by atoms with van der Waals surface area (Å²) in [6.07, 6.45) is 2.83. The largest absolute Gasteiger partial charge is 0.353 e. The molecule has 4 rings (SSSR count). The van der Waals surface area contributed by atoms with E-state index in [1.807, 2.05) is 29.2 Å². The molecular weight excluding hydrogens is 460 g/mol. The fourth-order valence-corrected chi connectivity index (χ4v) is 5.74. The number of nitrogens with two attached hydrogens (primary N) is 1. The zero-order valence-electron chi connectivity index (χ0n) is 21.5. The van der Waals surface area contributed by atoms with E-state index in [1.165, 1.54) is 11.3 Å². The molecular formula is C27H39ClN6O. The molecule has 0 radical (unpaired) electrons. The molecule has 0 unspecified atom stereocenters. The highest BCUT2D eigenvalue weighted by Crippen LogP contribution is 2.43. The summed E-state index contributed by atoms with van der Waals surface area (Å²) in [5, 5.41) is 0.678. The van der Waals surface area contributed by atoms with Crippen LogP contribution in [0.1, 0.15) is 68.7 Å². The lowest BCUT2D eigenvalue weighted by Crippen LogP contribution is -2.52. The highest BCUT2D eigenvalue weighted by atomic mass is 35.5. The van der Waals surface area contributed by atoms with E-state index in [0.717, 1.165) is 37.4 Å². The minimum Gasteiger partial charge on any atom is -0.353 e. The highest BCUT2D eigenvalue weighted by Gasteiger charge is 2.34. The molecule has 1 amide bonds. The Morgan fingerprint density at radius 1 is 1.11 bits per heavy atom. The van der Waals surface area contributed by atoms with Crippen molar-refractivity contribution >= 4 is 23.3 Å². The molecule has 190 valence electrons. The SMILES string of the molecule is CC(C)N(CCN)C[C@@H](C(=O)N1CCN(c2ncnc3c2[C@H](C)C[C@H]3C)CC1)c1ccc(Cl)cc1. The van der Waals surface area contributed by atoms with Gasteiger partial charge in [-0.05, 0) is 49.8 Å². The Kier molecular flexibility index (Phi) is 8.30. The maximum absolute atomic E-state index is 13.9. The summed E-state index contributed by atoms with van der Waals surface area (Å²) >= 11 is 6.15. The lowest BCUT2D eigenvalue weighted by atomic mass is 9.95. The van der Waals surface area contributed by atoms with E-state index < -0.39 is 0 Å². The van der Waals surface area contributed by atoms with Crippen molar-refractivity contribution in [2.24, 2.45) is 5.73 Å². The van der Waals surface area contributed by atoms with Gasteiger partial charge in [0.25, 0.3) is 0 Å². The molecule has 35 heavy (non-hydrogen) atoms. The van der Waals surface area contributed by atoms with Gasteiger partial charge in [-0.25, -0.2) is 9.97 Å². The van der Waals surface area contributed by atoms with Gasteiger partial charge in [0.1, 0.15) is 12.1 Å². The Morgan fingerprint density at radius 3 is 2.43 bits per heavy atom. The van der Waals surface area contributed by atoms with Gasteiger partial charge < -0.3 is 15.5 Å². The summed E-state index contributed by atoms with van der Waals surface area (Å²) in [4.78, 5) is 29.8. The minimum absolute atomic E-state index is 0.171. The number of amides is 1. The number of rotatable bonds is 8. The predicted octanol–water partition coefficient (Wildman–Crippen LogP) is 3.84. The molecule has 7 nitrogen and oxygen atoms in total. The summed E-state index contributed by atoms with van der Waals surface area (Å²) < 4.78 is 0. The number of hydrogen-bond acceptors (Lipinski definition) is 6. The van der Waals surface area contributed by atoms with E-state index in [0.29, 0.717) is 49.1 Å². The first kappa shape index (κ1) is 25.9. The first-order chi connectivity index (χ1) is 16.8. The zero-order valence-corrected chi connectivity index (χ0v) is 22.2. The molecule has 0 spiro atoms. The number of piperazine rings is 1. The molecule has 2 aliphatic rings. The lowest BCUT2D eigenvalue weighted by Gasteiger charge is -2.39. The Hall–Kier alpha value is -2.22. The highest BCUT2D eigenvalue weighted by molar-refractivity contribution is 6.30. The summed E-state index contributed by atoms with van der Waals surface area (Å²) in [7, 11) is 0. The number of hydrogen-bond donors (Lipinski definition) is 1. The van der Waals surface area contributed by atoms with Crippen molar-refractivity contribution in [1.82, 2.24) is 19.8 Å². The quantitative estimate of drug-likeness (QED) is 0.595. The fourth-order valence-electron chi connectivity index (χ4n) is 5.62. The molecule has 1 aromatic carbocycles. The smallest absolute Gasteiger partial charge is 0.231 e. The van der Waals surface area contributed by atoms with Crippen LogP contribution in [0.5, 0.6) is 0 Å². The number of carbonyl (C=O) groups excluding carboxylic acids is 1. The van der Waals surface area contributed by atoms with Crippen molar-refractivity contribution < 1.29 is 4.79 Å². The average Bonchev–Trinajstić information content (AvgIpc) is 3.15. The minimum atomic E-state index is -0.253. The van der Waals surface area contributed by atoms with Gasteiger partial charge in [0.2, 0.25) is 5.91 Å². The Bertz CT molecular complexity index is 1010. The van der Waals surface area contributed by atoms with Crippen molar-refractivity contribution in [3.05, 3.63) is 52.4 Å². The summed E-state index contributed by atoms with van der Waals surface area (Å²) in [5.74, 6) is 1.92. The van der Waals surface area contributed by atoms with Crippen molar-refractivity contribution in [1.29, 1.82) is 0 Å². The predicted molar refractivity (Wildman–Crippen MR) is 142 cm³/mol. The number of halogens is 1. The standard InChI is InChI=1S/C27H39ClN6O/c1-18(2)34(10-9-29)16-23(21-5-7-22(28)8-6-21)27(35)33-13-11-32(12-14-33)26-24-19(3)15-20(4)25(24)30-17-31-26/h5-8,17-20,23H,9-16,29H2,1-4H3/t19-,20-,23-/m1/s1. The van der Waals surface area contributed by atoms with Crippen molar-refractivity contribution in [3.63, 3.8) is 0 Å². The summed E-state index contributed by atoms with van der Waals surface area (Å²) in [5.41, 5.74) is 9.37. The van der Waals surface area contributed by atoms with Gasteiger partial charge in [-0.2, -0.15) is 0 Å². The van der Waals surface area contributed by atoms with E-state index >= 15 is 0 Å².